The maximum atomic E-state index is 13.4. The standard InChI is InChI=1S/C14H15FN2O4/c1-7(2)11-12(18)16-14(20)17(13(11)19)8-4-5-9(15)10(6-8)21-3/h4-7,11H,1-3H3,(H,16,18,20). The van der Waals surface area contributed by atoms with Crippen molar-refractivity contribution in [3.63, 3.8) is 0 Å². The molecule has 1 fully saturated rings. The molecule has 1 aliphatic heterocycles. The first-order chi connectivity index (χ1) is 9.86. The Kier molecular flexibility index (Phi) is 3.93. The molecule has 0 bridgehead atoms. The highest BCUT2D eigenvalue weighted by molar-refractivity contribution is 6.27. The molecule has 1 aliphatic rings. The fraction of sp³-hybridized carbons (Fsp3) is 0.357. The number of anilines is 1. The molecular weight excluding hydrogens is 279 g/mol. The molecule has 0 spiro atoms. The van der Waals surface area contributed by atoms with E-state index in [0.29, 0.717) is 0 Å². The third kappa shape index (κ3) is 2.58. The molecule has 21 heavy (non-hydrogen) atoms. The molecule has 0 saturated carbocycles. The van der Waals surface area contributed by atoms with Gasteiger partial charge in [-0.2, -0.15) is 0 Å². The molecule has 112 valence electrons. The van der Waals surface area contributed by atoms with Gasteiger partial charge in [0.2, 0.25) is 11.8 Å². The van der Waals surface area contributed by atoms with Gasteiger partial charge in [0.05, 0.1) is 12.8 Å². The van der Waals surface area contributed by atoms with E-state index in [4.69, 9.17) is 4.74 Å². The zero-order valence-electron chi connectivity index (χ0n) is 11.8. The van der Waals surface area contributed by atoms with Gasteiger partial charge in [-0.15, -0.1) is 0 Å². The largest absolute Gasteiger partial charge is 0.494 e. The van der Waals surface area contributed by atoms with E-state index >= 15 is 0 Å². The minimum Gasteiger partial charge on any atom is -0.494 e. The summed E-state index contributed by atoms with van der Waals surface area (Å²) >= 11 is 0. The molecule has 1 unspecified atom stereocenters. The number of carbonyl (C=O) groups excluding carboxylic acids is 3. The monoisotopic (exact) mass is 294 g/mol. The number of rotatable bonds is 3. The lowest BCUT2D eigenvalue weighted by atomic mass is 9.92. The summed E-state index contributed by atoms with van der Waals surface area (Å²) in [6.45, 7) is 3.42. The van der Waals surface area contributed by atoms with E-state index < -0.39 is 29.6 Å². The van der Waals surface area contributed by atoms with Crippen LogP contribution in [0.2, 0.25) is 0 Å². The first-order valence-electron chi connectivity index (χ1n) is 6.39. The first-order valence-corrected chi connectivity index (χ1v) is 6.39. The number of hydrogen-bond donors (Lipinski definition) is 1. The van der Waals surface area contributed by atoms with Crippen LogP contribution in [-0.4, -0.2) is 25.0 Å². The Hall–Kier alpha value is -2.44. The van der Waals surface area contributed by atoms with E-state index in [1.165, 1.54) is 19.2 Å². The van der Waals surface area contributed by atoms with E-state index in [0.717, 1.165) is 11.0 Å². The number of barbiturate groups is 1. The lowest BCUT2D eigenvalue weighted by Gasteiger charge is -2.31. The van der Waals surface area contributed by atoms with Crippen LogP contribution in [0.15, 0.2) is 18.2 Å². The summed E-state index contributed by atoms with van der Waals surface area (Å²) in [4.78, 5) is 36.9. The zero-order valence-corrected chi connectivity index (χ0v) is 11.8. The summed E-state index contributed by atoms with van der Waals surface area (Å²) in [7, 11) is 1.28. The summed E-state index contributed by atoms with van der Waals surface area (Å²) < 4.78 is 18.2. The lowest BCUT2D eigenvalue weighted by Crippen LogP contribution is -2.59. The Balaban J connectivity index is 2.44. The van der Waals surface area contributed by atoms with Crippen molar-refractivity contribution < 1.29 is 23.5 Å². The topological polar surface area (TPSA) is 75.7 Å². The molecule has 0 radical (unpaired) electrons. The van der Waals surface area contributed by atoms with E-state index in [1.807, 2.05) is 0 Å². The number of amides is 4. The quantitative estimate of drug-likeness (QED) is 0.861. The van der Waals surface area contributed by atoms with Gasteiger partial charge in [-0.3, -0.25) is 14.9 Å². The van der Waals surface area contributed by atoms with Crippen molar-refractivity contribution in [3.8, 4) is 5.75 Å². The Labute approximate surface area is 120 Å². The van der Waals surface area contributed by atoms with Gasteiger partial charge < -0.3 is 4.74 Å². The molecule has 1 aromatic carbocycles. The van der Waals surface area contributed by atoms with Crippen LogP contribution in [-0.2, 0) is 9.59 Å². The molecule has 1 heterocycles. The van der Waals surface area contributed by atoms with Crippen molar-refractivity contribution in [2.75, 3.05) is 12.0 Å². The lowest BCUT2D eigenvalue weighted by molar-refractivity contribution is -0.136. The minimum atomic E-state index is -0.959. The Morgan fingerprint density at radius 3 is 2.52 bits per heavy atom. The maximum absolute atomic E-state index is 13.4. The second kappa shape index (κ2) is 5.51. The van der Waals surface area contributed by atoms with Crippen LogP contribution in [0.5, 0.6) is 5.75 Å². The minimum absolute atomic E-state index is 0.0916. The summed E-state index contributed by atoms with van der Waals surface area (Å²) in [5, 5.41) is 2.13. The number of hydrogen-bond acceptors (Lipinski definition) is 4. The van der Waals surface area contributed by atoms with Crippen LogP contribution in [0, 0.1) is 17.7 Å². The molecular formula is C14H15FN2O4. The van der Waals surface area contributed by atoms with Crippen LogP contribution in [0.3, 0.4) is 0 Å². The van der Waals surface area contributed by atoms with Crippen molar-refractivity contribution in [2.24, 2.45) is 11.8 Å². The number of urea groups is 1. The van der Waals surface area contributed by atoms with Crippen molar-refractivity contribution in [1.29, 1.82) is 0 Å². The number of ether oxygens (including phenoxy) is 1. The SMILES string of the molecule is COc1cc(N2C(=O)NC(=O)C(C(C)C)C2=O)ccc1F. The molecule has 0 aliphatic carbocycles. The maximum Gasteiger partial charge on any atom is 0.335 e. The summed E-state index contributed by atoms with van der Waals surface area (Å²) in [6, 6.07) is 2.76. The fourth-order valence-corrected chi connectivity index (χ4v) is 2.21. The number of imide groups is 2. The molecule has 6 nitrogen and oxygen atoms in total. The molecule has 1 N–H and O–H groups in total. The fourth-order valence-electron chi connectivity index (χ4n) is 2.21. The van der Waals surface area contributed by atoms with Crippen LogP contribution >= 0.6 is 0 Å². The van der Waals surface area contributed by atoms with Crippen LogP contribution in [0.4, 0.5) is 14.9 Å². The normalized spacial score (nSPS) is 19.0. The molecule has 4 amide bonds. The highest BCUT2D eigenvalue weighted by atomic mass is 19.1. The van der Waals surface area contributed by atoms with Crippen molar-refractivity contribution in [2.45, 2.75) is 13.8 Å². The molecule has 7 heteroatoms. The third-order valence-electron chi connectivity index (χ3n) is 3.26. The number of benzene rings is 1. The Bertz CT molecular complexity index is 615. The zero-order chi connectivity index (χ0) is 15.7. The number of carbonyl (C=O) groups is 3. The first kappa shape index (κ1) is 15.0. The number of nitrogens with one attached hydrogen (secondary N) is 1. The second-order valence-corrected chi connectivity index (χ2v) is 5.01. The number of nitrogens with zero attached hydrogens (tertiary/aromatic N) is 1. The van der Waals surface area contributed by atoms with Crippen molar-refractivity contribution >= 4 is 23.5 Å². The van der Waals surface area contributed by atoms with Gasteiger partial charge >= 0.3 is 6.03 Å². The van der Waals surface area contributed by atoms with Crippen LogP contribution in [0.25, 0.3) is 0 Å². The molecule has 0 aromatic heterocycles. The van der Waals surface area contributed by atoms with Crippen molar-refractivity contribution in [1.82, 2.24) is 5.32 Å². The average molecular weight is 294 g/mol. The highest BCUT2D eigenvalue weighted by Gasteiger charge is 2.42. The van der Waals surface area contributed by atoms with Crippen LogP contribution in [0.1, 0.15) is 13.8 Å². The molecule has 1 atom stereocenters. The molecule has 1 saturated heterocycles. The summed E-state index contributed by atoms with van der Waals surface area (Å²) in [5.74, 6) is -3.18. The summed E-state index contributed by atoms with van der Waals surface area (Å²) in [6.07, 6.45) is 0. The number of methoxy groups -OCH3 is 1. The summed E-state index contributed by atoms with van der Waals surface area (Å²) in [5.41, 5.74) is 0.147. The predicted octanol–water partition coefficient (Wildman–Crippen LogP) is 1.69. The van der Waals surface area contributed by atoms with E-state index in [1.54, 1.807) is 13.8 Å². The second-order valence-electron chi connectivity index (χ2n) is 5.01. The van der Waals surface area contributed by atoms with Crippen LogP contribution < -0.4 is 15.0 Å². The number of halogens is 1. The highest BCUT2D eigenvalue weighted by Crippen LogP contribution is 2.28. The smallest absolute Gasteiger partial charge is 0.335 e. The van der Waals surface area contributed by atoms with E-state index in [2.05, 4.69) is 5.32 Å². The Morgan fingerprint density at radius 2 is 1.95 bits per heavy atom. The van der Waals surface area contributed by atoms with Gasteiger partial charge in [-0.25, -0.2) is 14.1 Å². The van der Waals surface area contributed by atoms with Gasteiger partial charge in [-0.05, 0) is 18.1 Å². The van der Waals surface area contributed by atoms with Gasteiger partial charge in [-0.1, -0.05) is 13.8 Å². The van der Waals surface area contributed by atoms with Gasteiger partial charge in [0, 0.05) is 6.07 Å². The predicted molar refractivity (Wildman–Crippen MR) is 72.3 cm³/mol. The van der Waals surface area contributed by atoms with Crippen molar-refractivity contribution in [3.05, 3.63) is 24.0 Å². The van der Waals surface area contributed by atoms with Gasteiger partial charge in [0.25, 0.3) is 0 Å². The van der Waals surface area contributed by atoms with E-state index in [-0.39, 0.29) is 17.4 Å². The molecule has 2 rings (SSSR count). The molecule has 1 aromatic rings. The third-order valence-corrected chi connectivity index (χ3v) is 3.26. The average Bonchev–Trinajstić information content (AvgIpc) is 2.39. The van der Waals surface area contributed by atoms with Gasteiger partial charge in [0.15, 0.2) is 11.6 Å². The van der Waals surface area contributed by atoms with Gasteiger partial charge in [0.1, 0.15) is 5.92 Å². The Morgan fingerprint density at radius 1 is 1.29 bits per heavy atom. The van der Waals surface area contributed by atoms with E-state index in [9.17, 15) is 18.8 Å².